The Labute approximate surface area is 197 Å². The third-order valence-electron chi connectivity index (χ3n) is 6.05. The van der Waals surface area contributed by atoms with E-state index in [1.807, 2.05) is 28.9 Å². The molecule has 1 aliphatic heterocycles. The van der Waals surface area contributed by atoms with Crippen molar-refractivity contribution >= 4 is 22.5 Å². The number of halogens is 1. The van der Waals surface area contributed by atoms with Gasteiger partial charge in [-0.2, -0.15) is 5.10 Å². The molecule has 0 unspecified atom stereocenters. The van der Waals surface area contributed by atoms with Crippen molar-refractivity contribution in [2.24, 2.45) is 0 Å². The van der Waals surface area contributed by atoms with Crippen LogP contribution in [0, 0.1) is 5.82 Å². The molecular weight excluding hydrogens is 435 g/mol. The van der Waals surface area contributed by atoms with Gasteiger partial charge in [0.1, 0.15) is 16.9 Å². The van der Waals surface area contributed by atoms with Gasteiger partial charge >= 0.3 is 0 Å². The van der Waals surface area contributed by atoms with Crippen LogP contribution in [0.1, 0.15) is 5.56 Å². The number of rotatable bonds is 6. The minimum atomic E-state index is -0.517. The van der Waals surface area contributed by atoms with Crippen LogP contribution in [0.25, 0.3) is 11.0 Å². The number of benzene rings is 2. The minimum absolute atomic E-state index is 0.105. The van der Waals surface area contributed by atoms with Crippen LogP contribution in [0.4, 0.5) is 15.9 Å². The first-order valence-electron chi connectivity index (χ1n) is 11.2. The lowest BCUT2D eigenvalue weighted by Gasteiger charge is -2.32. The largest absolute Gasteiger partial charge is 0.497 e. The van der Waals surface area contributed by atoms with Gasteiger partial charge < -0.3 is 25.0 Å². The van der Waals surface area contributed by atoms with E-state index >= 15 is 0 Å². The molecule has 2 aromatic carbocycles. The van der Waals surface area contributed by atoms with Gasteiger partial charge in [0.05, 0.1) is 13.7 Å². The van der Waals surface area contributed by atoms with Crippen LogP contribution in [-0.2, 0) is 6.54 Å². The third kappa shape index (κ3) is 4.34. The zero-order chi connectivity index (χ0) is 23.7. The number of hydrogen-bond donors (Lipinski definition) is 1. The standard InChI is InChI=1S/C25H27FN6O2/c1-30-11-13-31(14-12-30)25-23-22(34-21-8-5-18(27)15-20(21)26)9-10-28-24(23)32(29-25)16-17-3-6-19(33-2)7-4-17/h3-10,15H,11-14,16,27H2,1-2H3. The van der Waals surface area contributed by atoms with Crippen LogP contribution in [0.3, 0.4) is 0 Å². The van der Waals surface area contributed by atoms with Gasteiger partial charge in [-0.15, -0.1) is 0 Å². The SMILES string of the molecule is COc1ccc(Cn2nc(N3CCN(C)CC3)c3c(Oc4ccc(N)cc4F)ccnc32)cc1. The van der Waals surface area contributed by atoms with E-state index in [1.54, 1.807) is 25.4 Å². The maximum atomic E-state index is 14.5. The van der Waals surface area contributed by atoms with Crippen molar-refractivity contribution in [1.82, 2.24) is 19.7 Å². The molecule has 0 saturated carbocycles. The highest BCUT2D eigenvalue weighted by molar-refractivity contribution is 5.94. The fraction of sp³-hybridized carbons (Fsp3) is 0.280. The number of piperazine rings is 1. The number of likely N-dealkylation sites (N-methyl/N-ethyl adjacent to an activating group) is 1. The fourth-order valence-corrected chi connectivity index (χ4v) is 4.11. The predicted molar refractivity (Wildman–Crippen MR) is 130 cm³/mol. The molecule has 0 bridgehead atoms. The molecule has 8 nitrogen and oxygen atoms in total. The van der Waals surface area contributed by atoms with Crippen LogP contribution < -0.4 is 20.1 Å². The summed E-state index contributed by atoms with van der Waals surface area (Å²) < 4.78 is 27.7. The molecule has 2 aromatic heterocycles. The number of ether oxygens (including phenoxy) is 2. The smallest absolute Gasteiger partial charge is 0.167 e. The van der Waals surface area contributed by atoms with Crippen molar-refractivity contribution in [3.8, 4) is 17.2 Å². The van der Waals surface area contributed by atoms with E-state index in [4.69, 9.17) is 20.3 Å². The number of aromatic nitrogens is 3. The summed E-state index contributed by atoms with van der Waals surface area (Å²) in [5.74, 6) is 1.68. The molecule has 3 heterocycles. The van der Waals surface area contributed by atoms with Crippen molar-refractivity contribution < 1.29 is 13.9 Å². The zero-order valence-electron chi connectivity index (χ0n) is 19.2. The summed E-state index contributed by atoms with van der Waals surface area (Å²) in [7, 11) is 3.76. The maximum absolute atomic E-state index is 14.5. The normalized spacial score (nSPS) is 14.5. The number of hydrogen-bond acceptors (Lipinski definition) is 7. The van der Waals surface area contributed by atoms with E-state index in [2.05, 4.69) is 21.8 Å². The lowest BCUT2D eigenvalue weighted by Crippen LogP contribution is -2.44. The van der Waals surface area contributed by atoms with Gasteiger partial charge in [-0.25, -0.2) is 14.1 Å². The monoisotopic (exact) mass is 462 g/mol. The fourth-order valence-electron chi connectivity index (χ4n) is 4.11. The molecule has 0 radical (unpaired) electrons. The number of methoxy groups -OCH3 is 1. The van der Waals surface area contributed by atoms with Crippen LogP contribution in [0.2, 0.25) is 0 Å². The van der Waals surface area contributed by atoms with E-state index in [-0.39, 0.29) is 5.75 Å². The molecule has 1 fully saturated rings. The molecule has 0 aliphatic carbocycles. The van der Waals surface area contributed by atoms with E-state index in [1.165, 1.54) is 12.1 Å². The first kappa shape index (κ1) is 22.0. The molecule has 34 heavy (non-hydrogen) atoms. The van der Waals surface area contributed by atoms with Crippen molar-refractivity contribution in [2.45, 2.75) is 6.54 Å². The number of anilines is 2. The van der Waals surface area contributed by atoms with Crippen LogP contribution >= 0.6 is 0 Å². The summed E-state index contributed by atoms with van der Waals surface area (Å²) in [6.45, 7) is 4.04. The van der Waals surface area contributed by atoms with E-state index in [0.29, 0.717) is 23.6 Å². The topological polar surface area (TPSA) is 81.7 Å². The van der Waals surface area contributed by atoms with Crippen LogP contribution in [0.5, 0.6) is 17.2 Å². The van der Waals surface area contributed by atoms with Crippen molar-refractivity contribution in [3.63, 3.8) is 0 Å². The summed E-state index contributed by atoms with van der Waals surface area (Å²) in [6, 6.07) is 14.0. The Bertz CT molecular complexity index is 1300. The highest BCUT2D eigenvalue weighted by Gasteiger charge is 2.24. The summed E-state index contributed by atoms with van der Waals surface area (Å²) in [6.07, 6.45) is 1.66. The molecule has 0 amide bonds. The first-order valence-corrected chi connectivity index (χ1v) is 11.2. The molecule has 1 saturated heterocycles. The number of nitrogens with zero attached hydrogens (tertiary/aromatic N) is 5. The van der Waals surface area contributed by atoms with Gasteiger partial charge in [-0.1, -0.05) is 12.1 Å². The summed E-state index contributed by atoms with van der Waals surface area (Å²) >= 11 is 0. The Kier molecular flexibility index (Phi) is 5.93. The second-order valence-electron chi connectivity index (χ2n) is 8.42. The Balaban J connectivity index is 1.58. The summed E-state index contributed by atoms with van der Waals surface area (Å²) in [5, 5.41) is 5.71. The molecule has 1 aliphatic rings. The van der Waals surface area contributed by atoms with Gasteiger partial charge in [0.2, 0.25) is 0 Å². The molecule has 5 rings (SSSR count). The van der Waals surface area contributed by atoms with Gasteiger partial charge in [-0.05, 0) is 36.9 Å². The predicted octanol–water partition coefficient (Wildman–Crippen LogP) is 3.75. The maximum Gasteiger partial charge on any atom is 0.167 e. The van der Waals surface area contributed by atoms with Crippen LogP contribution in [-0.4, -0.2) is 60.0 Å². The quantitative estimate of drug-likeness (QED) is 0.437. The molecule has 9 heteroatoms. The number of nitrogen functional groups attached to an aromatic ring is 1. The second kappa shape index (κ2) is 9.18. The summed E-state index contributed by atoms with van der Waals surface area (Å²) in [5.41, 5.74) is 7.79. The van der Waals surface area contributed by atoms with Crippen molar-refractivity contribution in [1.29, 1.82) is 0 Å². The minimum Gasteiger partial charge on any atom is -0.497 e. The zero-order valence-corrected chi connectivity index (χ0v) is 19.2. The molecule has 4 aromatic rings. The van der Waals surface area contributed by atoms with E-state index < -0.39 is 5.82 Å². The Morgan fingerprint density at radius 1 is 1.00 bits per heavy atom. The highest BCUT2D eigenvalue weighted by atomic mass is 19.1. The van der Waals surface area contributed by atoms with Gasteiger partial charge in [0.25, 0.3) is 0 Å². The molecule has 0 atom stereocenters. The van der Waals surface area contributed by atoms with Gasteiger partial charge in [-0.3, -0.25) is 0 Å². The number of nitrogens with two attached hydrogens (primary N) is 1. The van der Waals surface area contributed by atoms with Crippen molar-refractivity contribution in [2.75, 3.05) is 51.0 Å². The first-order chi connectivity index (χ1) is 16.5. The average Bonchev–Trinajstić information content (AvgIpc) is 3.21. The number of fused-ring (bicyclic) bond motifs is 1. The Morgan fingerprint density at radius 3 is 2.47 bits per heavy atom. The van der Waals surface area contributed by atoms with E-state index in [9.17, 15) is 4.39 Å². The lowest BCUT2D eigenvalue weighted by atomic mass is 10.2. The third-order valence-corrected chi connectivity index (χ3v) is 6.05. The Hall–Kier alpha value is -3.85. The lowest BCUT2D eigenvalue weighted by molar-refractivity contribution is 0.312. The molecule has 2 N–H and O–H groups in total. The second-order valence-corrected chi connectivity index (χ2v) is 8.42. The Morgan fingerprint density at radius 2 is 1.76 bits per heavy atom. The average molecular weight is 463 g/mol. The highest BCUT2D eigenvalue weighted by Crippen LogP contribution is 2.37. The molecule has 0 spiro atoms. The van der Waals surface area contributed by atoms with Crippen molar-refractivity contribution in [3.05, 3.63) is 66.1 Å². The summed E-state index contributed by atoms with van der Waals surface area (Å²) in [4.78, 5) is 9.15. The van der Waals surface area contributed by atoms with Crippen LogP contribution in [0.15, 0.2) is 54.7 Å². The number of pyridine rings is 1. The molecule has 176 valence electrons. The van der Waals surface area contributed by atoms with Gasteiger partial charge in [0, 0.05) is 50.2 Å². The van der Waals surface area contributed by atoms with E-state index in [0.717, 1.165) is 48.7 Å². The van der Waals surface area contributed by atoms with Gasteiger partial charge in [0.15, 0.2) is 23.0 Å². The molecular formula is C25H27FN6O2.